The first-order valence-corrected chi connectivity index (χ1v) is 18.4. The smallest absolute Gasteiger partial charge is 0.657 e. The van der Waals surface area contributed by atoms with Crippen LogP contribution in [0.1, 0.15) is 53.8 Å². The van der Waals surface area contributed by atoms with Crippen LogP contribution in [0.15, 0.2) is 121 Å². The molecule has 298 valence electrons. The maximum atomic E-state index is 11.8. The molecule has 4 aromatic carbocycles. The summed E-state index contributed by atoms with van der Waals surface area (Å²) in [4.78, 5) is 67.2. The number of aromatic nitrogens is 4. The van der Waals surface area contributed by atoms with Gasteiger partial charge in [-0.2, -0.15) is 0 Å². The predicted molar refractivity (Wildman–Crippen MR) is 226 cm³/mol. The zero-order valence-corrected chi connectivity index (χ0v) is 33.0. The van der Waals surface area contributed by atoms with E-state index in [2.05, 4.69) is 0 Å². The third kappa shape index (κ3) is 7.58. The topological polar surface area (TPSA) is 192 Å². The maximum absolute atomic E-state index is 11.8. The monoisotopic (exact) mass is 894 g/mol. The molecule has 9 rings (SSSR count). The summed E-state index contributed by atoms with van der Waals surface area (Å²) in [5.41, 5.74) is 9.89. The Morgan fingerprint density at radius 1 is 0.426 bits per heavy atom. The fraction of sp³-hybridized carbons (Fsp3) is 0. The van der Waals surface area contributed by atoms with E-state index in [9.17, 15) is 34.5 Å². The van der Waals surface area contributed by atoms with E-state index in [0.717, 1.165) is 5.56 Å². The molecule has 3 N–H and O–H groups in total. The van der Waals surface area contributed by atoms with E-state index < -0.39 is 17.9 Å². The van der Waals surface area contributed by atoms with E-state index in [-0.39, 0.29) is 37.1 Å². The van der Waals surface area contributed by atoms with Gasteiger partial charge in [0, 0.05) is 0 Å². The van der Waals surface area contributed by atoms with Gasteiger partial charge in [-0.3, -0.25) is 4.79 Å². The van der Waals surface area contributed by atoms with E-state index in [0.29, 0.717) is 96.0 Å². The second-order valence-electron chi connectivity index (χ2n) is 13.7. The van der Waals surface area contributed by atoms with Gasteiger partial charge in [0.15, 0.2) is 0 Å². The van der Waals surface area contributed by atoms with Crippen molar-refractivity contribution in [2.75, 3.05) is 0 Å². The molecule has 0 aliphatic carbocycles. The van der Waals surface area contributed by atoms with Gasteiger partial charge >= 0.3 is 38.3 Å². The Morgan fingerprint density at radius 3 is 0.934 bits per heavy atom. The average Bonchev–Trinajstić information content (AvgIpc) is 4.10. The molecule has 5 heterocycles. The van der Waals surface area contributed by atoms with Crippen LogP contribution in [0.5, 0.6) is 5.75 Å². The number of benzene rings is 4. The van der Waals surface area contributed by atoms with Crippen LogP contribution in [-0.4, -0.2) is 49.7 Å². The standard InChI is InChI=1S/C48H30N4O8.Pd/c53-25-60-33-15-13-29(14-16-33)45-40-23-21-38(51-40)43(27-3-9-31(10-4-27)47(56)57)36-19-17-34(49-36)42(26-1-7-30(8-2-26)46(54)55)35-18-20-37(50-35)44(39-22-24-41(45)52-39)28-5-11-32(12-6-28)48(58)59;/h1-25H,(H5,49,50,51,52,54,55,56,57,58,59);/q;+2/p-2. The van der Waals surface area contributed by atoms with Crippen LogP contribution in [0, 0.1) is 0 Å². The molecule has 0 spiro atoms. The van der Waals surface area contributed by atoms with Gasteiger partial charge in [-0.05, 0) is 117 Å². The van der Waals surface area contributed by atoms with Gasteiger partial charge in [0.25, 0.3) is 6.47 Å². The van der Waals surface area contributed by atoms with Gasteiger partial charge in [-0.25, -0.2) is 24.4 Å². The summed E-state index contributed by atoms with van der Waals surface area (Å²) in [5.74, 6) is -2.85. The van der Waals surface area contributed by atoms with Crippen LogP contribution in [-0.2, 0) is 25.2 Å². The number of nitrogens with zero attached hydrogens (tertiary/aromatic N) is 4. The zero-order valence-electron chi connectivity index (χ0n) is 31.4. The van der Waals surface area contributed by atoms with E-state index >= 15 is 0 Å². The minimum atomic E-state index is -1.07. The van der Waals surface area contributed by atoms with Crippen molar-refractivity contribution < 1.29 is 59.7 Å². The van der Waals surface area contributed by atoms with Gasteiger partial charge in [-0.15, -0.1) is 22.1 Å². The first-order chi connectivity index (χ1) is 29.1. The van der Waals surface area contributed by atoms with Crippen molar-refractivity contribution in [3.63, 3.8) is 0 Å². The maximum Gasteiger partial charge on any atom is 2.00 e. The quantitative estimate of drug-likeness (QED) is 0.0921. The average molecular weight is 895 g/mol. The molecule has 2 aliphatic heterocycles. The molecule has 0 fully saturated rings. The van der Waals surface area contributed by atoms with Gasteiger partial charge < -0.3 is 30.0 Å². The second-order valence-corrected chi connectivity index (χ2v) is 13.7. The van der Waals surface area contributed by atoms with Crippen LogP contribution in [0.25, 0.3) is 90.9 Å². The third-order valence-electron chi connectivity index (χ3n) is 10.2. The number of fused-ring (bicyclic) bond motifs is 8. The molecular weight excluding hydrogens is 867 g/mol. The Morgan fingerprint density at radius 2 is 0.689 bits per heavy atom. The molecule has 0 saturated heterocycles. The first-order valence-electron chi connectivity index (χ1n) is 18.4. The first kappa shape index (κ1) is 39.8. The van der Waals surface area contributed by atoms with Gasteiger partial charge in [0.2, 0.25) is 0 Å². The van der Waals surface area contributed by atoms with Crippen LogP contribution < -0.4 is 14.7 Å². The molecule has 0 radical (unpaired) electrons. The molecule has 61 heavy (non-hydrogen) atoms. The number of carboxylic acid groups (broad SMARTS) is 3. The molecule has 13 heteroatoms. The van der Waals surface area contributed by atoms with Crippen molar-refractivity contribution in [1.82, 2.24) is 19.9 Å². The van der Waals surface area contributed by atoms with Crippen LogP contribution in [0.3, 0.4) is 0 Å². The number of ether oxygens (including phenoxy) is 1. The number of carboxylic acids is 3. The molecule has 8 bridgehead atoms. The molecule has 0 saturated carbocycles. The molecular formula is C48H28N4O8Pd. The van der Waals surface area contributed by atoms with Crippen molar-refractivity contribution in [2.45, 2.75) is 0 Å². The van der Waals surface area contributed by atoms with E-state index in [1.54, 1.807) is 60.7 Å². The number of carbonyl (C=O) groups is 4. The summed E-state index contributed by atoms with van der Waals surface area (Å²) in [7, 11) is 0. The van der Waals surface area contributed by atoms with Crippen molar-refractivity contribution >= 4 is 70.8 Å². The number of hydrogen-bond acceptors (Lipinski definition) is 7. The fourth-order valence-corrected chi connectivity index (χ4v) is 7.36. The molecule has 2 aliphatic rings. The molecule has 0 amide bonds. The summed E-state index contributed by atoms with van der Waals surface area (Å²) in [6.45, 7) is 0.354. The van der Waals surface area contributed by atoms with Gasteiger partial charge in [0.1, 0.15) is 5.75 Å². The minimum Gasteiger partial charge on any atom is -0.657 e. The Balaban J connectivity index is 0.00000514. The van der Waals surface area contributed by atoms with E-state index in [1.807, 2.05) is 48.6 Å². The molecule has 12 nitrogen and oxygen atoms in total. The largest absolute Gasteiger partial charge is 2.00 e. The molecule has 3 aromatic heterocycles. The van der Waals surface area contributed by atoms with Gasteiger partial charge in [0.05, 0.1) is 39.5 Å². The summed E-state index contributed by atoms with van der Waals surface area (Å²) in [5, 5.41) is 29.0. The van der Waals surface area contributed by atoms with Crippen molar-refractivity contribution in [3.8, 4) is 50.3 Å². The number of carbonyl (C=O) groups excluding carboxylic acids is 1. The number of hydrogen-bond donors (Lipinski definition) is 3. The predicted octanol–water partition coefficient (Wildman–Crippen LogP) is 9.21. The summed E-state index contributed by atoms with van der Waals surface area (Å²) < 4.78 is 5.07. The van der Waals surface area contributed by atoms with Crippen molar-refractivity contribution in [3.05, 3.63) is 161 Å². The van der Waals surface area contributed by atoms with E-state index in [4.69, 9.17) is 24.7 Å². The Hall–Kier alpha value is -7.98. The second kappa shape index (κ2) is 16.3. The molecule has 7 aromatic rings. The summed E-state index contributed by atoms with van der Waals surface area (Å²) >= 11 is 0. The summed E-state index contributed by atoms with van der Waals surface area (Å²) in [6.07, 6.45) is 7.42. The number of rotatable bonds is 9. The SMILES string of the molecule is O=COc1ccc(-c2c3nc(c(-c4ccc(C(=O)O)cc4)c4ccc([n-]4)c(-c4ccc(C(=O)O)cc4)c4nc(c(-c5ccc(C(=O)O)cc5)c5ccc2[n-]5)C=C4)C=C3)cc1.[Pd+2]. The molecule has 0 atom stereocenters. The minimum absolute atomic E-state index is 0. The van der Waals surface area contributed by atoms with Crippen molar-refractivity contribution in [2.24, 2.45) is 0 Å². The van der Waals surface area contributed by atoms with Crippen molar-refractivity contribution in [1.29, 1.82) is 0 Å². The fourth-order valence-electron chi connectivity index (χ4n) is 7.36. The Labute approximate surface area is 359 Å². The normalized spacial score (nSPS) is 11.5. The zero-order chi connectivity index (χ0) is 41.5. The van der Waals surface area contributed by atoms with E-state index in [1.165, 1.54) is 36.4 Å². The van der Waals surface area contributed by atoms with Crippen LogP contribution >= 0.6 is 0 Å². The molecule has 0 unspecified atom stereocenters. The van der Waals surface area contributed by atoms with Crippen LogP contribution in [0.2, 0.25) is 0 Å². The Kier molecular flexibility index (Phi) is 10.7. The van der Waals surface area contributed by atoms with Gasteiger partial charge in [-0.1, -0.05) is 72.8 Å². The van der Waals surface area contributed by atoms with Crippen LogP contribution in [0.4, 0.5) is 0 Å². The number of aromatic carboxylic acids is 3. The summed E-state index contributed by atoms with van der Waals surface area (Å²) in [6, 6.07) is 33.7. The third-order valence-corrected chi connectivity index (χ3v) is 10.2. The Bertz CT molecular complexity index is 3090.